The van der Waals surface area contributed by atoms with Crippen molar-refractivity contribution in [2.45, 2.75) is 64.0 Å². The van der Waals surface area contributed by atoms with Gasteiger partial charge in [-0.1, -0.05) is 51.8 Å². The van der Waals surface area contributed by atoms with Gasteiger partial charge >= 0.3 is 0 Å². The second-order valence-electron chi connectivity index (χ2n) is 10.4. The smallest absolute Gasteiger partial charge is 0.295 e. The van der Waals surface area contributed by atoms with E-state index in [1.165, 1.54) is 14.2 Å². The number of rotatable bonds is 6. The number of Topliss-reactive ketones (excluding diaryl/α,β-unsaturated/α-hetero) is 1. The van der Waals surface area contributed by atoms with Crippen LogP contribution in [0.1, 0.15) is 69.2 Å². The number of aliphatic hydroxyl groups is 1. The molecular weight excluding hydrogens is 458 g/mol. The molecule has 1 N–H and O–H groups in total. The highest BCUT2D eigenvalue weighted by Gasteiger charge is 2.50. The van der Waals surface area contributed by atoms with Gasteiger partial charge < -0.3 is 24.2 Å². The lowest BCUT2D eigenvalue weighted by Gasteiger charge is -2.32. The summed E-state index contributed by atoms with van der Waals surface area (Å²) in [5, 5.41) is 11.7. The Bertz CT molecular complexity index is 1200. The zero-order valence-corrected chi connectivity index (χ0v) is 21.9. The number of aliphatic hydroxyl groups excluding tert-OH is 1. The van der Waals surface area contributed by atoms with Gasteiger partial charge in [-0.15, -0.1) is 0 Å². The summed E-state index contributed by atoms with van der Waals surface area (Å²) in [6.45, 7) is 6.20. The summed E-state index contributed by atoms with van der Waals surface area (Å²) in [4.78, 5) is 28.7. The molecular formula is C29H35NO6. The summed E-state index contributed by atoms with van der Waals surface area (Å²) < 4.78 is 16.8. The Hall–Kier alpha value is -3.48. The highest BCUT2D eigenvalue weighted by molar-refractivity contribution is 6.46. The fraction of sp³-hybridized carbons (Fsp3) is 0.448. The molecule has 36 heavy (non-hydrogen) atoms. The molecule has 0 bridgehead atoms. The van der Waals surface area contributed by atoms with Crippen LogP contribution < -0.4 is 14.2 Å². The number of ketones is 1. The van der Waals surface area contributed by atoms with E-state index in [0.717, 1.165) is 31.2 Å². The third kappa shape index (κ3) is 4.31. The van der Waals surface area contributed by atoms with E-state index in [9.17, 15) is 14.7 Å². The van der Waals surface area contributed by atoms with Crippen molar-refractivity contribution in [2.75, 3.05) is 21.3 Å². The number of nitrogens with zero attached hydrogens (tertiary/aromatic N) is 1. The molecule has 1 unspecified atom stereocenters. The number of benzene rings is 2. The molecule has 7 heteroatoms. The molecule has 2 aromatic rings. The average molecular weight is 494 g/mol. The summed E-state index contributed by atoms with van der Waals surface area (Å²) in [5.74, 6) is -0.243. The number of ether oxygens (including phenoxy) is 3. The Kier molecular flexibility index (Phi) is 7.03. The number of carbonyl (C=O) groups excluding carboxylic acids is 2. The highest BCUT2D eigenvalue weighted by atomic mass is 16.5. The van der Waals surface area contributed by atoms with Crippen molar-refractivity contribution in [3.8, 4) is 17.2 Å². The quantitative estimate of drug-likeness (QED) is 0.331. The zero-order valence-electron chi connectivity index (χ0n) is 21.9. The largest absolute Gasteiger partial charge is 0.507 e. The molecule has 1 saturated heterocycles. The third-order valence-corrected chi connectivity index (χ3v) is 7.25. The van der Waals surface area contributed by atoms with Crippen LogP contribution in [0.2, 0.25) is 0 Å². The normalized spacial score (nSPS) is 20.2. The van der Waals surface area contributed by atoms with Crippen LogP contribution in [0.4, 0.5) is 0 Å². The number of hydrogen-bond acceptors (Lipinski definition) is 6. The molecule has 0 aromatic heterocycles. The van der Waals surface area contributed by atoms with Crippen molar-refractivity contribution in [1.29, 1.82) is 0 Å². The Morgan fingerprint density at radius 2 is 1.61 bits per heavy atom. The van der Waals surface area contributed by atoms with Gasteiger partial charge in [-0.2, -0.15) is 0 Å². The maximum absolute atomic E-state index is 13.6. The standard InChI is InChI=1S/C29H35NO6/c1-29(2,3)17-14-15-21(34-4)20(16-17)25(31)23-24(19-12-9-13-22(35-5)27(19)36-6)30(28(33)26(23)32)18-10-7-8-11-18/h9,12-16,18,24,31H,7-8,10-11H2,1-6H3/b25-23+. The molecule has 2 aliphatic rings. The van der Waals surface area contributed by atoms with Crippen LogP contribution in [0, 0.1) is 0 Å². The predicted molar refractivity (Wildman–Crippen MR) is 138 cm³/mol. The molecule has 2 aromatic carbocycles. The summed E-state index contributed by atoms with van der Waals surface area (Å²) in [6, 6.07) is 10.0. The van der Waals surface area contributed by atoms with Crippen molar-refractivity contribution in [1.82, 2.24) is 4.90 Å². The Morgan fingerprint density at radius 1 is 0.944 bits per heavy atom. The first-order valence-electron chi connectivity index (χ1n) is 12.3. The topological polar surface area (TPSA) is 85.3 Å². The molecule has 1 saturated carbocycles. The number of para-hydroxylation sites is 1. The molecule has 4 rings (SSSR count). The van der Waals surface area contributed by atoms with Gasteiger partial charge in [-0.3, -0.25) is 9.59 Å². The van der Waals surface area contributed by atoms with Crippen molar-refractivity contribution < 1.29 is 28.9 Å². The van der Waals surface area contributed by atoms with Gasteiger partial charge in [0.25, 0.3) is 11.7 Å². The predicted octanol–water partition coefficient (Wildman–Crippen LogP) is 5.37. The lowest BCUT2D eigenvalue weighted by atomic mass is 9.85. The molecule has 192 valence electrons. The van der Waals surface area contributed by atoms with E-state index in [-0.39, 0.29) is 22.8 Å². The van der Waals surface area contributed by atoms with Gasteiger partial charge in [-0.25, -0.2) is 0 Å². The van der Waals surface area contributed by atoms with E-state index >= 15 is 0 Å². The second kappa shape index (κ2) is 9.88. The van der Waals surface area contributed by atoms with Gasteiger partial charge in [0, 0.05) is 11.6 Å². The van der Waals surface area contributed by atoms with Crippen molar-refractivity contribution in [3.63, 3.8) is 0 Å². The van der Waals surface area contributed by atoms with Gasteiger partial charge in [-0.05, 0) is 42.0 Å². The van der Waals surface area contributed by atoms with E-state index in [2.05, 4.69) is 20.8 Å². The van der Waals surface area contributed by atoms with Crippen LogP contribution in [-0.4, -0.2) is 49.1 Å². The number of likely N-dealkylation sites (tertiary alicyclic amines) is 1. The molecule has 1 atom stereocenters. The first kappa shape index (κ1) is 25.6. The summed E-state index contributed by atoms with van der Waals surface area (Å²) in [5.41, 5.74) is 1.76. The van der Waals surface area contributed by atoms with Gasteiger partial charge in [0.1, 0.15) is 11.5 Å². The average Bonchev–Trinajstić information content (AvgIpc) is 3.48. The maximum atomic E-state index is 13.6. The molecule has 1 amide bonds. The van der Waals surface area contributed by atoms with E-state index in [1.807, 2.05) is 18.2 Å². The lowest BCUT2D eigenvalue weighted by Crippen LogP contribution is -2.37. The molecule has 1 aliphatic heterocycles. The number of hydrogen-bond donors (Lipinski definition) is 1. The van der Waals surface area contributed by atoms with E-state index in [4.69, 9.17) is 14.2 Å². The fourth-order valence-corrected chi connectivity index (χ4v) is 5.35. The van der Waals surface area contributed by atoms with Gasteiger partial charge in [0.2, 0.25) is 0 Å². The molecule has 0 spiro atoms. The number of amides is 1. The zero-order chi connectivity index (χ0) is 26.2. The van der Waals surface area contributed by atoms with Crippen LogP contribution in [0.3, 0.4) is 0 Å². The second-order valence-corrected chi connectivity index (χ2v) is 10.4. The SMILES string of the molecule is COc1ccc(C(C)(C)C)cc1/C(O)=C1\C(=O)C(=O)N(C2CCCC2)C1c1cccc(OC)c1OC. The van der Waals surface area contributed by atoms with Crippen molar-refractivity contribution >= 4 is 17.4 Å². The minimum absolute atomic E-state index is 0.0304. The third-order valence-electron chi connectivity index (χ3n) is 7.25. The first-order chi connectivity index (χ1) is 17.1. The lowest BCUT2D eigenvalue weighted by molar-refractivity contribution is -0.141. The highest BCUT2D eigenvalue weighted by Crippen LogP contribution is 2.48. The molecule has 1 heterocycles. The molecule has 7 nitrogen and oxygen atoms in total. The van der Waals surface area contributed by atoms with E-state index in [0.29, 0.717) is 28.4 Å². The molecule has 2 fully saturated rings. The first-order valence-corrected chi connectivity index (χ1v) is 12.3. The molecule has 0 radical (unpaired) electrons. The van der Waals surface area contributed by atoms with Crippen LogP contribution in [0.25, 0.3) is 5.76 Å². The van der Waals surface area contributed by atoms with E-state index in [1.54, 1.807) is 30.2 Å². The van der Waals surface area contributed by atoms with Gasteiger partial charge in [0.15, 0.2) is 11.5 Å². The van der Waals surface area contributed by atoms with Crippen molar-refractivity contribution in [3.05, 3.63) is 58.7 Å². The van der Waals surface area contributed by atoms with Crippen molar-refractivity contribution in [2.24, 2.45) is 0 Å². The minimum Gasteiger partial charge on any atom is -0.507 e. The Balaban J connectivity index is 2.01. The van der Waals surface area contributed by atoms with Crippen LogP contribution in [-0.2, 0) is 15.0 Å². The molecule has 1 aliphatic carbocycles. The summed E-state index contributed by atoms with van der Waals surface area (Å²) >= 11 is 0. The number of carbonyl (C=O) groups is 2. The van der Waals surface area contributed by atoms with Crippen LogP contribution >= 0.6 is 0 Å². The van der Waals surface area contributed by atoms with Crippen LogP contribution in [0.15, 0.2) is 42.0 Å². The monoisotopic (exact) mass is 493 g/mol. The summed E-state index contributed by atoms with van der Waals surface area (Å²) in [6.07, 6.45) is 3.57. The summed E-state index contributed by atoms with van der Waals surface area (Å²) in [7, 11) is 4.58. The van der Waals surface area contributed by atoms with Crippen LogP contribution in [0.5, 0.6) is 17.2 Å². The number of methoxy groups -OCH3 is 3. The minimum atomic E-state index is -0.818. The fourth-order valence-electron chi connectivity index (χ4n) is 5.35. The Morgan fingerprint density at radius 3 is 2.19 bits per heavy atom. The Labute approximate surface area is 212 Å². The van der Waals surface area contributed by atoms with Gasteiger partial charge in [0.05, 0.1) is 38.5 Å². The maximum Gasteiger partial charge on any atom is 0.295 e. The van der Waals surface area contributed by atoms with E-state index < -0.39 is 17.7 Å².